The molecule has 3 rings (SSSR count). The third kappa shape index (κ3) is 3.22. The highest BCUT2D eigenvalue weighted by molar-refractivity contribution is 5.79. The minimum atomic E-state index is -0.661. The Morgan fingerprint density at radius 1 is 1.24 bits per heavy atom. The van der Waals surface area contributed by atoms with E-state index in [1.165, 1.54) is 0 Å². The number of likely N-dealkylation sites (tertiary alicyclic amines) is 1. The van der Waals surface area contributed by atoms with Crippen LogP contribution in [0.3, 0.4) is 0 Å². The molecular weight excluding hydrogens is 266 g/mol. The molecule has 2 aliphatic carbocycles. The van der Waals surface area contributed by atoms with Crippen molar-refractivity contribution in [2.24, 2.45) is 5.92 Å². The predicted octanol–water partition coefficient (Wildman–Crippen LogP) is 1.18. The number of nitriles is 1. The van der Waals surface area contributed by atoms with Gasteiger partial charge < -0.3 is 10.4 Å². The summed E-state index contributed by atoms with van der Waals surface area (Å²) in [6.45, 7) is 1.51. The van der Waals surface area contributed by atoms with Gasteiger partial charge >= 0.3 is 0 Å². The zero-order valence-corrected chi connectivity index (χ0v) is 12.6. The van der Waals surface area contributed by atoms with Crippen LogP contribution in [-0.2, 0) is 4.79 Å². The fourth-order valence-corrected chi connectivity index (χ4v) is 3.83. The van der Waals surface area contributed by atoms with Gasteiger partial charge in [0, 0.05) is 13.1 Å². The molecule has 0 aromatic heterocycles. The van der Waals surface area contributed by atoms with Crippen LogP contribution in [0.25, 0.3) is 0 Å². The number of nitrogens with zero attached hydrogens (tertiary/aromatic N) is 2. The molecule has 2 N–H and O–H groups in total. The fraction of sp³-hybridized carbons (Fsp3) is 0.875. The molecule has 0 spiro atoms. The largest absolute Gasteiger partial charge is 0.387 e. The van der Waals surface area contributed by atoms with E-state index in [-0.39, 0.29) is 5.91 Å². The number of amides is 1. The van der Waals surface area contributed by atoms with Crippen molar-refractivity contribution in [2.45, 2.75) is 62.5 Å². The zero-order valence-electron chi connectivity index (χ0n) is 12.6. The van der Waals surface area contributed by atoms with Crippen LogP contribution < -0.4 is 5.32 Å². The van der Waals surface area contributed by atoms with Gasteiger partial charge in [-0.1, -0.05) is 25.7 Å². The van der Waals surface area contributed by atoms with Gasteiger partial charge in [0.1, 0.15) is 5.54 Å². The summed E-state index contributed by atoms with van der Waals surface area (Å²) in [6.07, 6.45) is 8.10. The number of hydrogen-bond acceptors (Lipinski definition) is 4. The highest BCUT2D eigenvalue weighted by Gasteiger charge is 2.52. The normalized spacial score (nSPS) is 28.0. The van der Waals surface area contributed by atoms with Crippen molar-refractivity contribution in [3.8, 4) is 6.07 Å². The number of hydrogen-bond donors (Lipinski definition) is 2. The summed E-state index contributed by atoms with van der Waals surface area (Å²) >= 11 is 0. The minimum absolute atomic E-state index is 0.0729. The minimum Gasteiger partial charge on any atom is -0.387 e. The van der Waals surface area contributed by atoms with Crippen LogP contribution in [0.5, 0.6) is 0 Å². The molecule has 0 atom stereocenters. The molecule has 1 amide bonds. The third-order valence-electron chi connectivity index (χ3n) is 5.25. The molecular formula is C16H25N3O2. The Kier molecular flexibility index (Phi) is 3.94. The van der Waals surface area contributed by atoms with Gasteiger partial charge in [0.15, 0.2) is 0 Å². The predicted molar refractivity (Wildman–Crippen MR) is 78.3 cm³/mol. The lowest BCUT2D eigenvalue weighted by molar-refractivity contribution is -0.137. The summed E-state index contributed by atoms with van der Waals surface area (Å²) in [7, 11) is 0. The Hall–Kier alpha value is -1.12. The molecule has 5 heteroatoms. The maximum Gasteiger partial charge on any atom is 0.235 e. The number of nitrogens with one attached hydrogen (secondary N) is 1. The van der Waals surface area contributed by atoms with E-state index in [4.69, 9.17) is 0 Å². The lowest BCUT2D eigenvalue weighted by atomic mass is 9.88. The van der Waals surface area contributed by atoms with Crippen molar-refractivity contribution in [1.29, 1.82) is 5.26 Å². The third-order valence-corrected chi connectivity index (χ3v) is 5.25. The molecule has 3 fully saturated rings. The van der Waals surface area contributed by atoms with E-state index in [9.17, 15) is 15.2 Å². The number of carbonyl (C=O) groups excluding carboxylic acids is 1. The number of aliphatic hydroxyl groups is 1. The van der Waals surface area contributed by atoms with Crippen LogP contribution >= 0.6 is 0 Å². The van der Waals surface area contributed by atoms with Gasteiger partial charge in [-0.2, -0.15) is 5.26 Å². The molecule has 5 nitrogen and oxygen atoms in total. The Balaban J connectivity index is 1.48. The Morgan fingerprint density at radius 2 is 1.86 bits per heavy atom. The summed E-state index contributed by atoms with van der Waals surface area (Å²) in [4.78, 5) is 14.2. The van der Waals surface area contributed by atoms with Gasteiger partial charge in [0.25, 0.3) is 0 Å². The highest BCUT2D eigenvalue weighted by atomic mass is 16.3. The average Bonchev–Trinajstić information content (AvgIpc) is 3.24. The lowest BCUT2D eigenvalue weighted by Gasteiger charge is -2.46. The van der Waals surface area contributed by atoms with Gasteiger partial charge in [-0.05, 0) is 31.6 Å². The van der Waals surface area contributed by atoms with Crippen molar-refractivity contribution in [2.75, 3.05) is 19.6 Å². The zero-order chi connectivity index (χ0) is 14.9. The van der Waals surface area contributed by atoms with E-state index in [2.05, 4.69) is 11.4 Å². The summed E-state index contributed by atoms with van der Waals surface area (Å²) in [6, 6.07) is 2.34. The van der Waals surface area contributed by atoms with Crippen LogP contribution in [0.4, 0.5) is 0 Å². The van der Waals surface area contributed by atoms with Crippen molar-refractivity contribution in [1.82, 2.24) is 10.2 Å². The van der Waals surface area contributed by atoms with Crippen LogP contribution in [0.1, 0.15) is 51.4 Å². The summed E-state index contributed by atoms with van der Waals surface area (Å²) in [5, 5.41) is 22.7. The van der Waals surface area contributed by atoms with E-state index >= 15 is 0 Å². The molecule has 0 radical (unpaired) electrons. The Morgan fingerprint density at radius 3 is 2.38 bits per heavy atom. The second-order valence-electron chi connectivity index (χ2n) is 7.18. The van der Waals surface area contributed by atoms with Crippen molar-refractivity contribution in [3.63, 3.8) is 0 Å². The molecule has 0 bridgehead atoms. The van der Waals surface area contributed by atoms with E-state index in [0.29, 0.717) is 25.6 Å². The number of β-amino-alcohol motifs (C(OH)–C–C–N with tert-alkyl or cyclic N) is 1. The van der Waals surface area contributed by atoms with Crippen LogP contribution in [0.2, 0.25) is 0 Å². The summed E-state index contributed by atoms with van der Waals surface area (Å²) in [5.41, 5.74) is -1.21. The lowest BCUT2D eigenvalue weighted by Crippen LogP contribution is -2.65. The summed E-state index contributed by atoms with van der Waals surface area (Å²) < 4.78 is 0. The molecule has 1 heterocycles. The molecule has 3 aliphatic rings. The second-order valence-corrected chi connectivity index (χ2v) is 7.18. The molecule has 2 saturated carbocycles. The average molecular weight is 291 g/mol. The van der Waals surface area contributed by atoms with Crippen molar-refractivity contribution < 1.29 is 9.90 Å². The Labute approximate surface area is 126 Å². The van der Waals surface area contributed by atoms with E-state index in [1.54, 1.807) is 0 Å². The standard InChI is InChI=1S/C16H25N3O2/c17-10-15(7-3-1-2-4-8-15)18-14(20)9-19-11-16(21,12-19)13-5-6-13/h13,21H,1-9,11-12H2,(H,18,20). The van der Waals surface area contributed by atoms with Gasteiger partial charge in [-0.15, -0.1) is 0 Å². The monoisotopic (exact) mass is 291 g/mol. The highest BCUT2D eigenvalue weighted by Crippen LogP contribution is 2.44. The first-order valence-electron chi connectivity index (χ1n) is 8.22. The molecule has 0 aromatic rings. The molecule has 21 heavy (non-hydrogen) atoms. The summed E-state index contributed by atoms with van der Waals surface area (Å²) in [5.74, 6) is 0.375. The second kappa shape index (κ2) is 5.58. The Bertz CT molecular complexity index is 439. The smallest absolute Gasteiger partial charge is 0.235 e. The maximum absolute atomic E-state index is 12.2. The number of rotatable bonds is 4. The molecule has 116 valence electrons. The van der Waals surface area contributed by atoms with Gasteiger partial charge in [-0.3, -0.25) is 9.69 Å². The van der Waals surface area contributed by atoms with Crippen LogP contribution in [0.15, 0.2) is 0 Å². The first-order valence-corrected chi connectivity index (χ1v) is 8.22. The molecule has 0 unspecified atom stereocenters. The van der Waals surface area contributed by atoms with Crippen molar-refractivity contribution >= 4 is 5.91 Å². The van der Waals surface area contributed by atoms with Crippen LogP contribution in [-0.4, -0.2) is 46.7 Å². The van der Waals surface area contributed by atoms with E-state index in [0.717, 1.165) is 51.4 Å². The fourth-order valence-electron chi connectivity index (χ4n) is 3.83. The maximum atomic E-state index is 12.2. The quantitative estimate of drug-likeness (QED) is 0.763. The van der Waals surface area contributed by atoms with Gasteiger partial charge in [0.2, 0.25) is 5.91 Å². The first kappa shape index (κ1) is 14.8. The van der Waals surface area contributed by atoms with E-state index < -0.39 is 11.1 Å². The van der Waals surface area contributed by atoms with E-state index in [1.807, 2.05) is 4.90 Å². The molecule has 1 aliphatic heterocycles. The van der Waals surface area contributed by atoms with Crippen LogP contribution in [0, 0.1) is 17.2 Å². The SMILES string of the molecule is N#CC1(NC(=O)CN2CC(O)(C3CC3)C2)CCCCCC1. The molecule has 0 aromatic carbocycles. The first-order chi connectivity index (χ1) is 10.1. The number of carbonyl (C=O) groups is 1. The topological polar surface area (TPSA) is 76.4 Å². The van der Waals surface area contributed by atoms with Gasteiger partial charge in [-0.25, -0.2) is 0 Å². The van der Waals surface area contributed by atoms with Crippen molar-refractivity contribution in [3.05, 3.63) is 0 Å². The molecule has 1 saturated heterocycles. The van der Waals surface area contributed by atoms with Gasteiger partial charge in [0.05, 0.1) is 18.2 Å².